The fourth-order valence-corrected chi connectivity index (χ4v) is 1.48. The van der Waals surface area contributed by atoms with Crippen LogP contribution in [0.5, 0.6) is 0 Å². The number of anilines is 1. The molecule has 1 N–H and O–H groups in total. The van der Waals surface area contributed by atoms with Crippen LogP contribution < -0.4 is 5.32 Å². The van der Waals surface area contributed by atoms with Gasteiger partial charge < -0.3 is 10.2 Å². The topological polar surface area (TPSA) is 28.2 Å². The monoisotopic (exact) mass is 259 g/mol. The van der Waals surface area contributed by atoms with E-state index >= 15 is 0 Å². The minimum absolute atomic E-state index is 0.265. The van der Waals surface area contributed by atoms with Crippen LogP contribution in [0.2, 0.25) is 5.02 Å². The van der Waals surface area contributed by atoms with Crippen LogP contribution in [0.15, 0.2) is 12.3 Å². The molecule has 0 unspecified atom stereocenters. The summed E-state index contributed by atoms with van der Waals surface area (Å²) in [6.45, 7) is 5.96. The SMILES string of the molecule is CC(C)N(C)CCCNc1ncc(Cl)cc1F. The number of hydrogen-bond donors (Lipinski definition) is 1. The van der Waals surface area contributed by atoms with Gasteiger partial charge in [-0.3, -0.25) is 0 Å². The van der Waals surface area contributed by atoms with Gasteiger partial charge in [-0.2, -0.15) is 0 Å². The molecule has 5 heteroatoms. The maximum atomic E-state index is 13.3. The summed E-state index contributed by atoms with van der Waals surface area (Å²) in [6.07, 6.45) is 2.38. The fourth-order valence-electron chi connectivity index (χ4n) is 1.34. The molecular weight excluding hydrogens is 241 g/mol. The Labute approximate surface area is 107 Å². The van der Waals surface area contributed by atoms with Crippen molar-refractivity contribution in [2.24, 2.45) is 0 Å². The second-order valence-electron chi connectivity index (χ2n) is 4.34. The summed E-state index contributed by atoms with van der Waals surface area (Å²) in [5, 5.41) is 3.28. The first kappa shape index (κ1) is 14.2. The summed E-state index contributed by atoms with van der Waals surface area (Å²) < 4.78 is 13.3. The van der Waals surface area contributed by atoms with E-state index in [9.17, 15) is 4.39 Å². The summed E-state index contributed by atoms with van der Waals surface area (Å²) >= 11 is 5.62. The van der Waals surface area contributed by atoms with Crippen LogP contribution in [0, 0.1) is 5.82 Å². The van der Waals surface area contributed by atoms with Gasteiger partial charge in [0.1, 0.15) is 0 Å². The minimum Gasteiger partial charge on any atom is -0.368 e. The van der Waals surface area contributed by atoms with Gasteiger partial charge >= 0.3 is 0 Å². The van der Waals surface area contributed by atoms with Gasteiger partial charge in [-0.05, 0) is 39.9 Å². The van der Waals surface area contributed by atoms with Crippen molar-refractivity contribution < 1.29 is 4.39 Å². The lowest BCUT2D eigenvalue weighted by Gasteiger charge is -2.20. The van der Waals surface area contributed by atoms with Crippen LogP contribution in [-0.4, -0.2) is 36.1 Å². The van der Waals surface area contributed by atoms with Crippen LogP contribution in [0.1, 0.15) is 20.3 Å². The molecule has 0 aromatic carbocycles. The normalized spacial score (nSPS) is 11.2. The van der Waals surface area contributed by atoms with Crippen molar-refractivity contribution in [3.63, 3.8) is 0 Å². The highest BCUT2D eigenvalue weighted by molar-refractivity contribution is 6.30. The van der Waals surface area contributed by atoms with Gasteiger partial charge in [-0.25, -0.2) is 9.37 Å². The third-order valence-electron chi connectivity index (χ3n) is 2.67. The maximum Gasteiger partial charge on any atom is 0.166 e. The molecule has 1 rings (SSSR count). The summed E-state index contributed by atoms with van der Waals surface area (Å²) in [5.41, 5.74) is 0. The Balaban J connectivity index is 2.31. The van der Waals surface area contributed by atoms with Crippen molar-refractivity contribution in [2.45, 2.75) is 26.3 Å². The Hall–Kier alpha value is -0.870. The molecule has 1 aromatic heterocycles. The Morgan fingerprint density at radius 3 is 2.82 bits per heavy atom. The lowest BCUT2D eigenvalue weighted by atomic mass is 10.3. The molecule has 17 heavy (non-hydrogen) atoms. The number of nitrogens with one attached hydrogen (secondary N) is 1. The van der Waals surface area contributed by atoms with Gasteiger partial charge in [0.15, 0.2) is 11.6 Å². The van der Waals surface area contributed by atoms with Crippen molar-refractivity contribution in [3.8, 4) is 0 Å². The van der Waals surface area contributed by atoms with Gasteiger partial charge in [0.25, 0.3) is 0 Å². The quantitative estimate of drug-likeness (QED) is 0.796. The highest BCUT2D eigenvalue weighted by atomic mass is 35.5. The van der Waals surface area contributed by atoms with E-state index in [1.165, 1.54) is 12.3 Å². The second-order valence-corrected chi connectivity index (χ2v) is 4.78. The zero-order valence-electron chi connectivity index (χ0n) is 10.5. The van der Waals surface area contributed by atoms with Gasteiger partial charge in [0.05, 0.1) is 5.02 Å². The highest BCUT2D eigenvalue weighted by Gasteiger charge is 2.05. The Bertz CT molecular complexity index is 358. The summed E-state index contributed by atoms with van der Waals surface area (Å²) in [6, 6.07) is 1.79. The lowest BCUT2D eigenvalue weighted by Crippen LogP contribution is -2.28. The number of halogens is 2. The van der Waals surface area contributed by atoms with Crippen LogP contribution in [0.4, 0.5) is 10.2 Å². The summed E-state index contributed by atoms with van der Waals surface area (Å²) in [5.74, 6) is -0.142. The standard InChI is InChI=1S/C12H19ClFN3/c1-9(2)17(3)6-4-5-15-12-11(14)7-10(13)8-16-12/h7-9H,4-6H2,1-3H3,(H,15,16). The Kier molecular flexibility index (Phi) is 5.65. The molecule has 1 heterocycles. The first-order valence-electron chi connectivity index (χ1n) is 5.76. The number of rotatable bonds is 6. The largest absolute Gasteiger partial charge is 0.368 e. The van der Waals surface area contributed by atoms with Crippen LogP contribution in [0.25, 0.3) is 0 Å². The third kappa shape index (κ3) is 4.88. The molecule has 3 nitrogen and oxygen atoms in total. The van der Waals surface area contributed by atoms with E-state index < -0.39 is 5.82 Å². The number of nitrogens with zero attached hydrogens (tertiary/aromatic N) is 2. The molecule has 0 fully saturated rings. The van der Waals surface area contributed by atoms with E-state index in [4.69, 9.17) is 11.6 Å². The summed E-state index contributed by atoms with van der Waals surface area (Å²) in [4.78, 5) is 6.14. The van der Waals surface area contributed by atoms with Crippen LogP contribution in [-0.2, 0) is 0 Å². The smallest absolute Gasteiger partial charge is 0.166 e. The fraction of sp³-hybridized carbons (Fsp3) is 0.583. The Morgan fingerprint density at radius 1 is 1.53 bits per heavy atom. The molecule has 0 amide bonds. The molecule has 0 aliphatic carbocycles. The maximum absolute atomic E-state index is 13.3. The molecule has 0 aliphatic rings. The molecule has 0 bridgehead atoms. The van der Waals surface area contributed by atoms with Crippen molar-refractivity contribution in [1.29, 1.82) is 0 Å². The number of hydrogen-bond acceptors (Lipinski definition) is 3. The lowest BCUT2D eigenvalue weighted by molar-refractivity contribution is 0.273. The van der Waals surface area contributed by atoms with Gasteiger partial charge in [0, 0.05) is 18.8 Å². The van der Waals surface area contributed by atoms with Gasteiger partial charge in [-0.15, -0.1) is 0 Å². The number of aromatic nitrogens is 1. The average Bonchev–Trinajstić information content (AvgIpc) is 2.26. The van der Waals surface area contributed by atoms with Crippen molar-refractivity contribution in [2.75, 3.05) is 25.5 Å². The molecule has 0 saturated carbocycles. The molecule has 0 spiro atoms. The Morgan fingerprint density at radius 2 is 2.24 bits per heavy atom. The minimum atomic E-state index is -0.408. The molecule has 96 valence electrons. The zero-order chi connectivity index (χ0) is 12.8. The van der Waals surface area contributed by atoms with Crippen molar-refractivity contribution in [3.05, 3.63) is 23.1 Å². The first-order valence-corrected chi connectivity index (χ1v) is 6.13. The predicted molar refractivity (Wildman–Crippen MR) is 70.1 cm³/mol. The average molecular weight is 260 g/mol. The molecule has 0 radical (unpaired) electrons. The number of pyridine rings is 1. The second kappa shape index (κ2) is 6.77. The first-order chi connectivity index (χ1) is 8.00. The third-order valence-corrected chi connectivity index (χ3v) is 2.88. The highest BCUT2D eigenvalue weighted by Crippen LogP contribution is 2.15. The van der Waals surface area contributed by atoms with Gasteiger partial charge in [0.2, 0.25) is 0 Å². The van der Waals surface area contributed by atoms with Crippen molar-refractivity contribution in [1.82, 2.24) is 9.88 Å². The molecule has 1 aromatic rings. The molecule has 0 atom stereocenters. The van der Waals surface area contributed by atoms with E-state index in [0.717, 1.165) is 13.0 Å². The van der Waals surface area contributed by atoms with Crippen LogP contribution >= 0.6 is 11.6 Å². The van der Waals surface area contributed by atoms with E-state index in [0.29, 0.717) is 17.6 Å². The zero-order valence-corrected chi connectivity index (χ0v) is 11.3. The summed E-state index contributed by atoms with van der Waals surface area (Å²) in [7, 11) is 2.08. The predicted octanol–water partition coefficient (Wildman–Crippen LogP) is 3.02. The van der Waals surface area contributed by atoms with Gasteiger partial charge in [-0.1, -0.05) is 11.6 Å². The molecular formula is C12H19ClFN3. The van der Waals surface area contributed by atoms with Crippen molar-refractivity contribution >= 4 is 17.4 Å². The van der Waals surface area contributed by atoms with E-state index in [-0.39, 0.29) is 5.82 Å². The van der Waals surface area contributed by atoms with Crippen LogP contribution in [0.3, 0.4) is 0 Å². The van der Waals surface area contributed by atoms with E-state index in [1.807, 2.05) is 0 Å². The van der Waals surface area contributed by atoms with E-state index in [2.05, 4.69) is 36.1 Å². The molecule has 0 aliphatic heterocycles. The van der Waals surface area contributed by atoms with E-state index in [1.54, 1.807) is 0 Å². The molecule has 0 saturated heterocycles.